The zero-order chi connectivity index (χ0) is 18.5. The van der Waals surface area contributed by atoms with Crippen molar-refractivity contribution in [2.45, 2.75) is 19.9 Å². The van der Waals surface area contributed by atoms with E-state index in [0.29, 0.717) is 5.82 Å². The predicted octanol–water partition coefficient (Wildman–Crippen LogP) is 3.41. The molecule has 1 unspecified atom stereocenters. The minimum absolute atomic E-state index is 0.118. The van der Waals surface area contributed by atoms with Gasteiger partial charge in [0.1, 0.15) is 5.82 Å². The van der Waals surface area contributed by atoms with Crippen molar-refractivity contribution in [3.63, 3.8) is 0 Å². The molecule has 0 bridgehead atoms. The molecule has 0 radical (unpaired) electrons. The molecule has 3 rings (SSSR count). The number of amides is 2. The highest BCUT2D eigenvalue weighted by Gasteiger charge is 2.12. The third-order valence-electron chi connectivity index (χ3n) is 3.83. The first-order chi connectivity index (χ1) is 12.5. The molecule has 0 saturated carbocycles. The molecule has 1 aromatic heterocycles. The Morgan fingerprint density at radius 1 is 1.12 bits per heavy atom. The number of nitrogens with zero attached hydrogens (tertiary/aromatic N) is 1. The van der Waals surface area contributed by atoms with E-state index in [1.165, 1.54) is 13.0 Å². The van der Waals surface area contributed by atoms with Crippen molar-refractivity contribution < 1.29 is 9.59 Å². The highest BCUT2D eigenvalue weighted by Crippen LogP contribution is 2.15. The van der Waals surface area contributed by atoms with E-state index in [1.54, 1.807) is 18.2 Å². The van der Waals surface area contributed by atoms with Crippen molar-refractivity contribution in [3.8, 4) is 0 Å². The first-order valence-corrected chi connectivity index (χ1v) is 8.32. The van der Waals surface area contributed by atoms with Crippen molar-refractivity contribution in [2.75, 3.05) is 5.32 Å². The van der Waals surface area contributed by atoms with Gasteiger partial charge in [0.2, 0.25) is 11.8 Å². The smallest absolute Gasteiger partial charge is 0.244 e. The molecule has 2 aromatic carbocycles. The van der Waals surface area contributed by atoms with Crippen LogP contribution < -0.4 is 10.6 Å². The van der Waals surface area contributed by atoms with Gasteiger partial charge in [-0.15, -0.1) is 0 Å². The Labute approximate surface area is 151 Å². The lowest BCUT2D eigenvalue weighted by Gasteiger charge is -2.09. The number of carbonyl (C=O) groups excluding carboxylic acids is 2. The summed E-state index contributed by atoms with van der Waals surface area (Å²) in [4.78, 5) is 30.8. The van der Waals surface area contributed by atoms with Crippen LogP contribution in [-0.2, 0) is 9.59 Å². The number of para-hydroxylation sites is 2. The second-order valence-electron chi connectivity index (χ2n) is 6.01. The number of hydrogen-bond donors (Lipinski definition) is 3. The molecule has 0 aliphatic carbocycles. The van der Waals surface area contributed by atoms with Gasteiger partial charge in [0.25, 0.3) is 0 Å². The SMILES string of the molecule is CC(=O)Nc1ccc(/C=C/C(=O)NC(C)c2nc3ccccc3[nH]2)cc1. The number of fused-ring (bicyclic) bond motifs is 1. The third-order valence-corrected chi connectivity index (χ3v) is 3.83. The number of H-pyrrole nitrogens is 1. The van der Waals surface area contributed by atoms with Gasteiger partial charge in [-0.05, 0) is 42.8 Å². The number of aromatic nitrogens is 2. The van der Waals surface area contributed by atoms with Gasteiger partial charge in [-0.25, -0.2) is 4.98 Å². The maximum atomic E-state index is 12.1. The molecule has 1 atom stereocenters. The van der Waals surface area contributed by atoms with Crippen LogP contribution in [0, 0.1) is 0 Å². The van der Waals surface area contributed by atoms with Gasteiger partial charge in [-0.3, -0.25) is 9.59 Å². The Morgan fingerprint density at radius 3 is 2.54 bits per heavy atom. The number of benzene rings is 2. The van der Waals surface area contributed by atoms with Crippen LogP contribution in [0.1, 0.15) is 31.3 Å². The standard InChI is InChI=1S/C20H20N4O2/c1-13(20-23-17-5-3-4-6-18(17)24-20)21-19(26)12-9-15-7-10-16(11-8-15)22-14(2)25/h3-13H,1-2H3,(H,21,26)(H,22,25)(H,23,24)/b12-9+. The van der Waals surface area contributed by atoms with Crippen molar-refractivity contribution in [1.29, 1.82) is 0 Å². The van der Waals surface area contributed by atoms with Gasteiger partial charge in [0, 0.05) is 18.7 Å². The Morgan fingerprint density at radius 2 is 1.85 bits per heavy atom. The normalized spacial score (nSPS) is 12.2. The average molecular weight is 348 g/mol. The molecule has 0 saturated heterocycles. The van der Waals surface area contributed by atoms with E-state index in [0.717, 1.165) is 22.3 Å². The van der Waals surface area contributed by atoms with Crippen LogP contribution in [0.25, 0.3) is 17.1 Å². The zero-order valence-electron chi connectivity index (χ0n) is 14.6. The maximum absolute atomic E-state index is 12.1. The van der Waals surface area contributed by atoms with Gasteiger partial charge in [-0.2, -0.15) is 0 Å². The number of hydrogen-bond acceptors (Lipinski definition) is 3. The third kappa shape index (κ3) is 4.36. The molecule has 0 fully saturated rings. The lowest BCUT2D eigenvalue weighted by molar-refractivity contribution is -0.117. The second kappa shape index (κ2) is 7.65. The average Bonchev–Trinajstić information content (AvgIpc) is 3.05. The van der Waals surface area contributed by atoms with E-state index in [1.807, 2.05) is 43.3 Å². The lowest BCUT2D eigenvalue weighted by Crippen LogP contribution is -2.25. The number of imidazole rings is 1. The summed E-state index contributed by atoms with van der Waals surface area (Å²) in [5, 5.41) is 5.59. The van der Waals surface area contributed by atoms with E-state index < -0.39 is 0 Å². The summed E-state index contributed by atoms with van der Waals surface area (Å²) in [7, 11) is 0. The topological polar surface area (TPSA) is 86.9 Å². The summed E-state index contributed by atoms with van der Waals surface area (Å²) in [6.45, 7) is 3.34. The minimum atomic E-state index is -0.235. The van der Waals surface area contributed by atoms with Crippen LogP contribution in [-0.4, -0.2) is 21.8 Å². The minimum Gasteiger partial charge on any atom is -0.343 e. The van der Waals surface area contributed by atoms with E-state index in [9.17, 15) is 9.59 Å². The van der Waals surface area contributed by atoms with Gasteiger partial charge in [0.05, 0.1) is 17.1 Å². The van der Waals surface area contributed by atoms with Gasteiger partial charge in [0.15, 0.2) is 0 Å². The van der Waals surface area contributed by atoms with Crippen LogP contribution in [0.15, 0.2) is 54.6 Å². The highest BCUT2D eigenvalue weighted by atomic mass is 16.2. The van der Waals surface area contributed by atoms with Gasteiger partial charge in [-0.1, -0.05) is 24.3 Å². The maximum Gasteiger partial charge on any atom is 0.244 e. The number of carbonyl (C=O) groups is 2. The molecule has 6 nitrogen and oxygen atoms in total. The molecule has 0 aliphatic rings. The molecule has 3 aromatic rings. The highest BCUT2D eigenvalue weighted by molar-refractivity contribution is 5.92. The molecule has 26 heavy (non-hydrogen) atoms. The van der Waals surface area contributed by atoms with E-state index in [2.05, 4.69) is 20.6 Å². The first-order valence-electron chi connectivity index (χ1n) is 8.32. The van der Waals surface area contributed by atoms with Crippen molar-refractivity contribution in [3.05, 3.63) is 66.0 Å². The summed E-state index contributed by atoms with van der Waals surface area (Å²) in [6, 6.07) is 14.7. The molecule has 132 valence electrons. The van der Waals surface area contributed by atoms with Crippen molar-refractivity contribution in [1.82, 2.24) is 15.3 Å². The Bertz CT molecular complexity index is 924. The molecule has 0 aliphatic heterocycles. The van der Waals surface area contributed by atoms with E-state index >= 15 is 0 Å². The summed E-state index contributed by atoms with van der Waals surface area (Å²) >= 11 is 0. The fourth-order valence-corrected chi connectivity index (χ4v) is 2.56. The van der Waals surface area contributed by atoms with E-state index in [-0.39, 0.29) is 17.9 Å². The number of aromatic amines is 1. The molecule has 1 heterocycles. The number of anilines is 1. The number of rotatable bonds is 5. The Hall–Kier alpha value is -3.41. The zero-order valence-corrected chi connectivity index (χ0v) is 14.6. The fraction of sp³-hybridized carbons (Fsp3) is 0.150. The van der Waals surface area contributed by atoms with Crippen LogP contribution in [0.5, 0.6) is 0 Å². The van der Waals surface area contributed by atoms with Crippen LogP contribution >= 0.6 is 0 Å². The summed E-state index contributed by atoms with van der Waals surface area (Å²) in [6.07, 6.45) is 3.20. The molecule has 3 N–H and O–H groups in total. The fourth-order valence-electron chi connectivity index (χ4n) is 2.56. The lowest BCUT2D eigenvalue weighted by atomic mass is 10.2. The summed E-state index contributed by atoms with van der Waals surface area (Å²) in [5.41, 5.74) is 3.40. The molecular formula is C20H20N4O2. The summed E-state index contributed by atoms with van der Waals surface area (Å²) < 4.78 is 0. The largest absolute Gasteiger partial charge is 0.343 e. The predicted molar refractivity (Wildman–Crippen MR) is 102 cm³/mol. The Balaban J connectivity index is 1.60. The monoisotopic (exact) mass is 348 g/mol. The van der Waals surface area contributed by atoms with Gasteiger partial charge >= 0.3 is 0 Å². The van der Waals surface area contributed by atoms with Crippen molar-refractivity contribution in [2.24, 2.45) is 0 Å². The summed E-state index contributed by atoms with van der Waals surface area (Å²) in [5.74, 6) is 0.392. The first kappa shape index (κ1) is 17.4. The molecule has 2 amide bonds. The van der Waals surface area contributed by atoms with Crippen LogP contribution in [0.4, 0.5) is 5.69 Å². The Kier molecular flexibility index (Phi) is 5.12. The second-order valence-corrected chi connectivity index (χ2v) is 6.01. The quantitative estimate of drug-likeness (QED) is 0.618. The van der Waals surface area contributed by atoms with Gasteiger partial charge < -0.3 is 15.6 Å². The van der Waals surface area contributed by atoms with E-state index in [4.69, 9.17) is 0 Å². The van der Waals surface area contributed by atoms with Crippen molar-refractivity contribution >= 4 is 34.6 Å². The van der Waals surface area contributed by atoms with Crippen LogP contribution in [0.2, 0.25) is 0 Å². The molecule has 0 spiro atoms. The van der Waals surface area contributed by atoms with Crippen LogP contribution in [0.3, 0.4) is 0 Å². The number of nitrogens with one attached hydrogen (secondary N) is 3. The molecular weight excluding hydrogens is 328 g/mol. The molecule has 6 heteroatoms.